The molecule has 1 aromatic heterocycles. The van der Waals surface area contributed by atoms with Crippen molar-refractivity contribution in [1.29, 1.82) is 0 Å². The van der Waals surface area contributed by atoms with Crippen molar-refractivity contribution < 1.29 is 23.4 Å². The van der Waals surface area contributed by atoms with Crippen molar-refractivity contribution in [3.8, 4) is 17.6 Å². The standard InChI is InChI=1S/C21H22ClNO5/c1-14(2)9-11-26-20(24)10-12-25-16-4-6-17(7-5-16)27-21-23-18-13-15(22)3-8-19(18)28-21/h3-8,13-14H,9-12H2,1-2H3. The average molecular weight is 404 g/mol. The molecule has 2 aromatic carbocycles. The molecule has 0 N–H and O–H groups in total. The number of oxazole rings is 1. The zero-order valence-corrected chi connectivity index (χ0v) is 16.6. The molecule has 0 atom stereocenters. The van der Waals surface area contributed by atoms with Gasteiger partial charge in [-0.1, -0.05) is 25.4 Å². The van der Waals surface area contributed by atoms with E-state index in [-0.39, 0.29) is 25.1 Å². The molecule has 0 aliphatic carbocycles. The summed E-state index contributed by atoms with van der Waals surface area (Å²) in [4.78, 5) is 15.9. The van der Waals surface area contributed by atoms with Crippen LogP contribution in [0.15, 0.2) is 46.9 Å². The molecule has 0 aliphatic rings. The third-order valence-electron chi connectivity index (χ3n) is 3.89. The number of benzene rings is 2. The Morgan fingerprint density at radius 1 is 1.11 bits per heavy atom. The number of hydrogen-bond acceptors (Lipinski definition) is 6. The summed E-state index contributed by atoms with van der Waals surface area (Å²) in [6, 6.07) is 12.1. The third kappa shape index (κ3) is 5.89. The van der Waals surface area contributed by atoms with Gasteiger partial charge >= 0.3 is 12.0 Å². The van der Waals surface area contributed by atoms with E-state index in [0.29, 0.717) is 40.1 Å². The monoisotopic (exact) mass is 403 g/mol. The minimum atomic E-state index is -0.253. The fourth-order valence-corrected chi connectivity index (χ4v) is 2.53. The van der Waals surface area contributed by atoms with Crippen LogP contribution in [-0.2, 0) is 9.53 Å². The molecule has 7 heteroatoms. The topological polar surface area (TPSA) is 70.8 Å². The predicted molar refractivity (Wildman–Crippen MR) is 106 cm³/mol. The summed E-state index contributed by atoms with van der Waals surface area (Å²) in [6.45, 7) is 4.88. The van der Waals surface area contributed by atoms with Crippen molar-refractivity contribution in [3.05, 3.63) is 47.5 Å². The first-order valence-corrected chi connectivity index (χ1v) is 9.50. The summed E-state index contributed by atoms with van der Waals surface area (Å²) < 4.78 is 21.8. The normalized spacial score (nSPS) is 11.0. The zero-order chi connectivity index (χ0) is 19.9. The van der Waals surface area contributed by atoms with Gasteiger partial charge in [-0.15, -0.1) is 0 Å². The highest BCUT2D eigenvalue weighted by Crippen LogP contribution is 2.28. The molecule has 3 aromatic rings. The number of rotatable bonds is 9. The number of fused-ring (bicyclic) bond motifs is 1. The van der Waals surface area contributed by atoms with Crippen molar-refractivity contribution in [3.63, 3.8) is 0 Å². The lowest BCUT2D eigenvalue weighted by Crippen LogP contribution is -2.11. The van der Waals surface area contributed by atoms with E-state index in [4.69, 9.17) is 30.2 Å². The van der Waals surface area contributed by atoms with E-state index < -0.39 is 0 Å². The molecule has 0 aliphatic heterocycles. The Morgan fingerprint density at radius 2 is 1.86 bits per heavy atom. The van der Waals surface area contributed by atoms with Crippen molar-refractivity contribution in [2.24, 2.45) is 5.92 Å². The van der Waals surface area contributed by atoms with Gasteiger partial charge in [0, 0.05) is 5.02 Å². The van der Waals surface area contributed by atoms with Crippen LogP contribution in [0.1, 0.15) is 26.7 Å². The van der Waals surface area contributed by atoms with Crippen LogP contribution in [-0.4, -0.2) is 24.2 Å². The molecular formula is C21H22ClNO5. The lowest BCUT2D eigenvalue weighted by molar-refractivity contribution is -0.144. The molecule has 0 radical (unpaired) electrons. The maximum Gasteiger partial charge on any atom is 0.400 e. The quantitative estimate of drug-likeness (QED) is 0.431. The highest BCUT2D eigenvalue weighted by Gasteiger charge is 2.09. The first kappa shape index (κ1) is 20.0. The van der Waals surface area contributed by atoms with Crippen LogP contribution in [0.3, 0.4) is 0 Å². The highest BCUT2D eigenvalue weighted by atomic mass is 35.5. The molecule has 0 fully saturated rings. The molecule has 28 heavy (non-hydrogen) atoms. The number of aromatic nitrogens is 1. The number of nitrogens with zero attached hydrogens (tertiary/aromatic N) is 1. The summed E-state index contributed by atoms with van der Waals surface area (Å²) in [7, 11) is 0. The van der Waals surface area contributed by atoms with Gasteiger partial charge in [-0.25, -0.2) is 0 Å². The highest BCUT2D eigenvalue weighted by molar-refractivity contribution is 6.31. The van der Waals surface area contributed by atoms with Crippen LogP contribution in [0.5, 0.6) is 17.6 Å². The molecule has 0 spiro atoms. The van der Waals surface area contributed by atoms with Crippen LogP contribution in [0, 0.1) is 5.92 Å². The summed E-state index contributed by atoms with van der Waals surface area (Å²) in [6.07, 6.45) is 1.21. The zero-order valence-electron chi connectivity index (χ0n) is 15.8. The second-order valence-electron chi connectivity index (χ2n) is 6.67. The van der Waals surface area contributed by atoms with Crippen LogP contribution >= 0.6 is 11.6 Å². The molecule has 0 amide bonds. The van der Waals surface area contributed by atoms with Gasteiger partial charge in [0.05, 0.1) is 19.6 Å². The van der Waals surface area contributed by atoms with E-state index in [0.717, 1.165) is 6.42 Å². The number of carbonyl (C=O) groups excluding carboxylic acids is 1. The van der Waals surface area contributed by atoms with Crippen LogP contribution < -0.4 is 9.47 Å². The van der Waals surface area contributed by atoms with Crippen LogP contribution in [0.25, 0.3) is 11.1 Å². The predicted octanol–water partition coefficient (Wildman–Crippen LogP) is 5.63. The molecule has 0 bridgehead atoms. The van der Waals surface area contributed by atoms with Crippen LogP contribution in [0.4, 0.5) is 0 Å². The fraction of sp³-hybridized carbons (Fsp3) is 0.333. The maximum atomic E-state index is 11.6. The van der Waals surface area contributed by atoms with E-state index >= 15 is 0 Å². The van der Waals surface area contributed by atoms with E-state index in [1.807, 2.05) is 0 Å². The fourth-order valence-electron chi connectivity index (χ4n) is 2.36. The maximum absolute atomic E-state index is 11.6. The Morgan fingerprint density at radius 3 is 2.61 bits per heavy atom. The average Bonchev–Trinajstić information content (AvgIpc) is 3.04. The molecule has 3 rings (SSSR count). The third-order valence-corrected chi connectivity index (χ3v) is 4.13. The van der Waals surface area contributed by atoms with E-state index in [2.05, 4.69) is 18.8 Å². The van der Waals surface area contributed by atoms with Crippen molar-refractivity contribution >= 4 is 28.7 Å². The SMILES string of the molecule is CC(C)CCOC(=O)CCOc1ccc(Oc2nc3cc(Cl)ccc3o2)cc1. The van der Waals surface area contributed by atoms with Crippen LogP contribution in [0.2, 0.25) is 5.02 Å². The Balaban J connectivity index is 1.46. The summed E-state index contributed by atoms with van der Waals surface area (Å²) in [5.74, 6) is 1.44. The lowest BCUT2D eigenvalue weighted by atomic mass is 10.1. The Hall–Kier alpha value is -2.73. The van der Waals surface area contributed by atoms with Crippen molar-refractivity contribution in [2.45, 2.75) is 26.7 Å². The Kier molecular flexibility index (Phi) is 6.76. The number of hydrogen-bond donors (Lipinski definition) is 0. The largest absolute Gasteiger partial charge is 0.493 e. The number of halogens is 1. The van der Waals surface area contributed by atoms with Gasteiger partial charge in [0.2, 0.25) is 0 Å². The summed E-state index contributed by atoms with van der Waals surface area (Å²) in [5, 5.41) is 0.581. The second-order valence-corrected chi connectivity index (χ2v) is 7.10. The van der Waals surface area contributed by atoms with E-state index in [1.54, 1.807) is 42.5 Å². The first-order valence-electron chi connectivity index (χ1n) is 9.12. The molecule has 0 saturated heterocycles. The Labute approximate surface area is 168 Å². The van der Waals surface area contributed by atoms with E-state index in [9.17, 15) is 4.79 Å². The van der Waals surface area contributed by atoms with Gasteiger partial charge in [0.15, 0.2) is 5.58 Å². The molecule has 148 valence electrons. The molecule has 0 saturated carbocycles. The molecule has 1 heterocycles. The Bertz CT molecular complexity index is 920. The van der Waals surface area contributed by atoms with Gasteiger partial charge in [-0.05, 0) is 54.8 Å². The second kappa shape index (κ2) is 9.46. The lowest BCUT2D eigenvalue weighted by Gasteiger charge is -2.08. The van der Waals surface area contributed by atoms with Gasteiger partial charge in [-0.3, -0.25) is 4.79 Å². The molecular weight excluding hydrogens is 382 g/mol. The van der Waals surface area contributed by atoms with Gasteiger partial charge in [0.25, 0.3) is 0 Å². The van der Waals surface area contributed by atoms with Gasteiger partial charge < -0.3 is 18.6 Å². The minimum Gasteiger partial charge on any atom is -0.493 e. The summed E-state index contributed by atoms with van der Waals surface area (Å²) in [5.41, 5.74) is 1.22. The first-order chi connectivity index (χ1) is 13.5. The van der Waals surface area contributed by atoms with E-state index in [1.165, 1.54) is 0 Å². The smallest absolute Gasteiger partial charge is 0.400 e. The summed E-state index contributed by atoms with van der Waals surface area (Å²) >= 11 is 5.94. The van der Waals surface area contributed by atoms with Crippen molar-refractivity contribution in [2.75, 3.05) is 13.2 Å². The minimum absolute atomic E-state index is 0.134. The van der Waals surface area contributed by atoms with Gasteiger partial charge in [-0.2, -0.15) is 4.98 Å². The molecule has 0 unspecified atom stereocenters. The number of carbonyl (C=O) groups is 1. The van der Waals surface area contributed by atoms with Crippen molar-refractivity contribution in [1.82, 2.24) is 4.98 Å². The van der Waals surface area contributed by atoms with Gasteiger partial charge in [0.1, 0.15) is 17.0 Å². The number of esters is 1. The number of ether oxygens (including phenoxy) is 3. The molecule has 6 nitrogen and oxygen atoms in total.